The molecule has 0 heterocycles. The lowest BCUT2D eigenvalue weighted by Crippen LogP contribution is -1.89. The third kappa shape index (κ3) is 9.95. The molecule has 10 rings (SSSR count). The van der Waals surface area contributed by atoms with Gasteiger partial charge in [-0.25, -0.2) is 0 Å². The van der Waals surface area contributed by atoms with Gasteiger partial charge in [-0.2, -0.15) is 0 Å². The van der Waals surface area contributed by atoms with E-state index in [4.69, 9.17) is 0 Å². The molecule has 312 valence electrons. The first-order valence-corrected chi connectivity index (χ1v) is 22.6. The van der Waals surface area contributed by atoms with Crippen LogP contribution in [0.15, 0.2) is 255 Å². The lowest BCUT2D eigenvalue weighted by atomic mass is 9.93. The molecular formula is C66H48. The van der Waals surface area contributed by atoms with Crippen molar-refractivity contribution in [2.75, 3.05) is 0 Å². The molecule has 0 aliphatic carbocycles. The van der Waals surface area contributed by atoms with Gasteiger partial charge in [0.15, 0.2) is 0 Å². The average molecular weight is 841 g/mol. The normalized spacial score (nSPS) is 12.0. The summed E-state index contributed by atoms with van der Waals surface area (Å²) in [5.41, 5.74) is 19.0. The minimum Gasteiger partial charge on any atom is -0.0622 e. The van der Waals surface area contributed by atoms with Crippen molar-refractivity contribution in [1.29, 1.82) is 0 Å². The third-order valence-electron chi connectivity index (χ3n) is 12.1. The van der Waals surface area contributed by atoms with Crippen LogP contribution in [0.25, 0.3) is 80.6 Å². The summed E-state index contributed by atoms with van der Waals surface area (Å²) in [6.07, 6.45) is 13.5. The van der Waals surface area contributed by atoms with Crippen LogP contribution in [0.2, 0.25) is 0 Å². The zero-order valence-electron chi connectivity index (χ0n) is 36.7. The Labute approximate surface area is 389 Å². The molecule has 0 aliphatic heterocycles. The van der Waals surface area contributed by atoms with E-state index in [1.807, 2.05) is 0 Å². The Bertz CT molecular complexity index is 3300. The SMILES string of the molecule is C(=Cc1cc(C=Cc2ccc(C=C(c3ccccc3)c3ccc(-c4ccccc4)cc3)cc2)c2ccccc2c1)c1ccc(C=C(c2ccccc2)c2ccc(-c3ccccc3)cc2)cc1. The van der Waals surface area contributed by atoms with Crippen molar-refractivity contribution in [3.8, 4) is 22.3 Å². The molecule has 0 unspecified atom stereocenters. The van der Waals surface area contributed by atoms with E-state index in [1.54, 1.807) is 0 Å². The standard InChI is InChI=1S/C66H48/c1-5-15-54(16-6-1)56-37-41-60(42-38-56)65(58-19-9-3-10-20-58)47-51-30-25-49(26-31-51)29-34-53-45-62-23-13-14-24-64(62)63(46-53)36-35-50-27-32-52(33-28-50)48-66(59-21-11-4-12-22-59)61-43-39-57(40-44-61)55-17-7-2-8-18-55/h1-48H. The Kier molecular flexibility index (Phi) is 12.5. The lowest BCUT2D eigenvalue weighted by Gasteiger charge is -2.11. The molecule has 0 radical (unpaired) electrons. The Morgan fingerprint density at radius 3 is 1.06 bits per heavy atom. The fourth-order valence-electron chi connectivity index (χ4n) is 8.56. The zero-order chi connectivity index (χ0) is 44.3. The van der Waals surface area contributed by atoms with Crippen LogP contribution in [-0.2, 0) is 0 Å². The van der Waals surface area contributed by atoms with Gasteiger partial charge >= 0.3 is 0 Å². The second kappa shape index (κ2) is 19.9. The van der Waals surface area contributed by atoms with Crippen LogP contribution < -0.4 is 0 Å². The monoisotopic (exact) mass is 840 g/mol. The number of hydrogen-bond acceptors (Lipinski definition) is 0. The minimum atomic E-state index is 1.15. The molecule has 0 nitrogen and oxygen atoms in total. The Balaban J connectivity index is 0.874. The quantitative estimate of drug-likeness (QED) is 0.108. The predicted octanol–water partition coefficient (Wildman–Crippen LogP) is 17.7. The van der Waals surface area contributed by atoms with Crippen molar-refractivity contribution in [2.24, 2.45) is 0 Å². The maximum atomic E-state index is 2.29. The maximum Gasteiger partial charge on any atom is -0.0105 e. The number of fused-ring (bicyclic) bond motifs is 1. The summed E-state index contributed by atoms with van der Waals surface area (Å²) >= 11 is 0. The molecule has 0 saturated carbocycles. The summed E-state index contributed by atoms with van der Waals surface area (Å²) in [5, 5.41) is 2.45. The summed E-state index contributed by atoms with van der Waals surface area (Å²) in [4.78, 5) is 0. The first-order chi connectivity index (χ1) is 32.7. The van der Waals surface area contributed by atoms with Crippen LogP contribution in [0.3, 0.4) is 0 Å². The van der Waals surface area contributed by atoms with Gasteiger partial charge in [0.05, 0.1) is 0 Å². The van der Waals surface area contributed by atoms with E-state index in [-0.39, 0.29) is 0 Å². The molecule has 0 spiro atoms. The average Bonchev–Trinajstić information content (AvgIpc) is 3.40. The van der Waals surface area contributed by atoms with Gasteiger partial charge in [0.2, 0.25) is 0 Å². The van der Waals surface area contributed by atoms with Gasteiger partial charge in [0.25, 0.3) is 0 Å². The largest absolute Gasteiger partial charge is 0.0622 e. The first kappa shape index (κ1) is 41.4. The van der Waals surface area contributed by atoms with Gasteiger partial charge in [0.1, 0.15) is 0 Å². The molecule has 0 saturated heterocycles. The molecule has 0 aliphatic rings. The molecule has 0 bridgehead atoms. The number of rotatable bonds is 12. The summed E-state index contributed by atoms with van der Waals surface area (Å²) < 4.78 is 0. The van der Waals surface area contributed by atoms with Crippen molar-refractivity contribution < 1.29 is 0 Å². The molecule has 10 aromatic carbocycles. The van der Waals surface area contributed by atoms with Gasteiger partial charge in [-0.15, -0.1) is 0 Å². The predicted molar refractivity (Wildman–Crippen MR) is 285 cm³/mol. The molecular weight excluding hydrogens is 793 g/mol. The molecule has 66 heavy (non-hydrogen) atoms. The van der Waals surface area contributed by atoms with E-state index in [0.717, 1.165) is 27.8 Å². The summed E-state index contributed by atoms with van der Waals surface area (Å²) in [5.74, 6) is 0. The second-order valence-electron chi connectivity index (χ2n) is 16.6. The molecule has 0 N–H and O–H groups in total. The van der Waals surface area contributed by atoms with Crippen molar-refractivity contribution in [3.05, 3.63) is 310 Å². The molecule has 10 aromatic rings. The highest BCUT2D eigenvalue weighted by Gasteiger charge is 2.09. The van der Waals surface area contributed by atoms with Crippen LogP contribution >= 0.6 is 0 Å². The summed E-state index contributed by atoms with van der Waals surface area (Å²) in [7, 11) is 0. The first-order valence-electron chi connectivity index (χ1n) is 22.6. The minimum absolute atomic E-state index is 1.15. The summed E-state index contributed by atoms with van der Waals surface area (Å²) in [6, 6.07) is 91.1. The van der Waals surface area contributed by atoms with Crippen molar-refractivity contribution in [1.82, 2.24) is 0 Å². The van der Waals surface area contributed by atoms with E-state index in [0.29, 0.717) is 0 Å². The van der Waals surface area contributed by atoms with Crippen molar-refractivity contribution in [2.45, 2.75) is 0 Å². The molecule has 0 aromatic heterocycles. The van der Waals surface area contributed by atoms with E-state index < -0.39 is 0 Å². The van der Waals surface area contributed by atoms with E-state index >= 15 is 0 Å². The van der Waals surface area contributed by atoms with Gasteiger partial charge in [0, 0.05) is 0 Å². The summed E-state index contributed by atoms with van der Waals surface area (Å²) in [6.45, 7) is 0. The van der Waals surface area contributed by atoms with Crippen LogP contribution in [0.5, 0.6) is 0 Å². The molecule has 0 amide bonds. The molecule has 0 heteroatoms. The van der Waals surface area contributed by atoms with Crippen molar-refractivity contribution >= 4 is 58.4 Å². The Hall–Kier alpha value is -8.58. The fourth-order valence-corrected chi connectivity index (χ4v) is 8.56. The van der Waals surface area contributed by atoms with Gasteiger partial charge in [-0.3, -0.25) is 0 Å². The second-order valence-corrected chi connectivity index (χ2v) is 16.6. The molecule has 0 atom stereocenters. The Morgan fingerprint density at radius 2 is 0.591 bits per heavy atom. The van der Waals surface area contributed by atoms with Crippen LogP contribution in [-0.4, -0.2) is 0 Å². The van der Waals surface area contributed by atoms with Crippen LogP contribution in [0.1, 0.15) is 55.6 Å². The zero-order valence-corrected chi connectivity index (χ0v) is 36.7. The highest BCUT2D eigenvalue weighted by Crippen LogP contribution is 2.32. The Morgan fingerprint density at radius 1 is 0.242 bits per heavy atom. The van der Waals surface area contributed by atoms with Crippen molar-refractivity contribution in [3.63, 3.8) is 0 Å². The number of hydrogen-bond donors (Lipinski definition) is 0. The topological polar surface area (TPSA) is 0 Å². The van der Waals surface area contributed by atoms with E-state index in [1.165, 1.54) is 72.0 Å². The van der Waals surface area contributed by atoms with E-state index in [2.05, 4.69) is 291 Å². The lowest BCUT2D eigenvalue weighted by molar-refractivity contribution is 1.54. The van der Waals surface area contributed by atoms with Crippen LogP contribution in [0.4, 0.5) is 0 Å². The highest BCUT2D eigenvalue weighted by molar-refractivity contribution is 5.96. The van der Waals surface area contributed by atoms with Gasteiger partial charge in [-0.1, -0.05) is 267 Å². The van der Waals surface area contributed by atoms with Gasteiger partial charge in [-0.05, 0) is 124 Å². The molecule has 0 fully saturated rings. The van der Waals surface area contributed by atoms with Gasteiger partial charge < -0.3 is 0 Å². The van der Waals surface area contributed by atoms with E-state index in [9.17, 15) is 0 Å². The third-order valence-corrected chi connectivity index (χ3v) is 12.1. The fraction of sp³-hybridized carbons (Fsp3) is 0. The number of benzene rings is 10. The smallest absolute Gasteiger partial charge is 0.0105 e. The highest BCUT2D eigenvalue weighted by atomic mass is 14.1. The van der Waals surface area contributed by atoms with Crippen LogP contribution in [0, 0.1) is 0 Å². The maximum absolute atomic E-state index is 2.29.